The van der Waals surface area contributed by atoms with Crippen molar-refractivity contribution in [1.29, 1.82) is 0 Å². The lowest BCUT2D eigenvalue weighted by molar-refractivity contribution is -0.138. The van der Waals surface area contributed by atoms with Crippen molar-refractivity contribution >= 4 is 39.9 Å². The van der Waals surface area contributed by atoms with Crippen LogP contribution in [0.15, 0.2) is 42.5 Å². The first-order valence-electron chi connectivity index (χ1n) is 6.16. The predicted octanol–water partition coefficient (Wildman–Crippen LogP) is 6.14. The van der Waals surface area contributed by atoms with E-state index in [1.807, 2.05) is 0 Å². The Morgan fingerprint density at radius 1 is 1.14 bits per heavy atom. The van der Waals surface area contributed by atoms with Crippen molar-refractivity contribution < 1.29 is 13.2 Å². The maximum atomic E-state index is 13.0. The van der Waals surface area contributed by atoms with Crippen LogP contribution in [0.25, 0.3) is 0 Å². The van der Waals surface area contributed by atoms with Crippen LogP contribution in [0.3, 0.4) is 0 Å². The molecule has 112 valence electrons. The SMILES string of the molecule is CC(Nc1ccc(Cl)cc1I)c1ccccc1C(F)(F)F. The highest BCUT2D eigenvalue weighted by Crippen LogP contribution is 2.36. The van der Waals surface area contributed by atoms with E-state index < -0.39 is 17.8 Å². The molecule has 0 spiro atoms. The number of halogens is 5. The van der Waals surface area contributed by atoms with Crippen LogP contribution in [0.2, 0.25) is 5.02 Å². The molecule has 0 saturated heterocycles. The second-order valence-corrected chi connectivity index (χ2v) is 6.17. The van der Waals surface area contributed by atoms with Crippen LogP contribution in [0.1, 0.15) is 24.1 Å². The Kier molecular flexibility index (Phi) is 5.03. The van der Waals surface area contributed by atoms with Gasteiger partial charge < -0.3 is 5.32 Å². The molecule has 0 fully saturated rings. The minimum absolute atomic E-state index is 0.218. The fourth-order valence-corrected chi connectivity index (χ4v) is 3.08. The summed E-state index contributed by atoms with van der Waals surface area (Å²) in [5.41, 5.74) is 0.356. The molecule has 2 rings (SSSR count). The molecule has 0 aromatic heterocycles. The van der Waals surface area contributed by atoms with Crippen LogP contribution in [-0.4, -0.2) is 0 Å². The number of hydrogen-bond acceptors (Lipinski definition) is 1. The second kappa shape index (κ2) is 6.44. The zero-order chi connectivity index (χ0) is 15.6. The zero-order valence-electron chi connectivity index (χ0n) is 11.0. The third-order valence-electron chi connectivity index (χ3n) is 3.04. The Morgan fingerprint density at radius 2 is 1.81 bits per heavy atom. The topological polar surface area (TPSA) is 12.0 Å². The van der Waals surface area contributed by atoms with Crippen LogP contribution in [0.4, 0.5) is 18.9 Å². The van der Waals surface area contributed by atoms with Gasteiger partial charge in [-0.3, -0.25) is 0 Å². The monoisotopic (exact) mass is 425 g/mol. The molecule has 0 bridgehead atoms. The van der Waals surface area contributed by atoms with Crippen molar-refractivity contribution in [2.75, 3.05) is 5.32 Å². The van der Waals surface area contributed by atoms with E-state index in [4.69, 9.17) is 11.6 Å². The molecular weight excluding hydrogens is 414 g/mol. The van der Waals surface area contributed by atoms with Gasteiger partial charge in [-0.1, -0.05) is 29.8 Å². The molecule has 1 atom stereocenters. The summed E-state index contributed by atoms with van der Waals surface area (Å²) < 4.78 is 40.0. The second-order valence-electron chi connectivity index (χ2n) is 4.58. The van der Waals surface area contributed by atoms with Gasteiger partial charge in [-0.2, -0.15) is 13.2 Å². The van der Waals surface area contributed by atoms with Crippen molar-refractivity contribution in [2.24, 2.45) is 0 Å². The lowest BCUT2D eigenvalue weighted by atomic mass is 10.0. The Morgan fingerprint density at radius 3 is 2.43 bits per heavy atom. The van der Waals surface area contributed by atoms with Gasteiger partial charge in [0.2, 0.25) is 0 Å². The smallest absolute Gasteiger partial charge is 0.378 e. The van der Waals surface area contributed by atoms with Gasteiger partial charge in [0.05, 0.1) is 5.56 Å². The van der Waals surface area contributed by atoms with Crippen LogP contribution >= 0.6 is 34.2 Å². The first-order chi connectivity index (χ1) is 9.79. The number of anilines is 1. The van der Waals surface area contributed by atoms with E-state index in [1.54, 1.807) is 31.2 Å². The van der Waals surface area contributed by atoms with Gasteiger partial charge in [0.1, 0.15) is 0 Å². The minimum Gasteiger partial charge on any atom is -0.378 e. The molecule has 0 saturated carbocycles. The molecule has 0 heterocycles. The number of nitrogens with one attached hydrogen (secondary N) is 1. The van der Waals surface area contributed by atoms with Gasteiger partial charge in [-0.25, -0.2) is 0 Å². The molecule has 0 aliphatic rings. The van der Waals surface area contributed by atoms with Crippen molar-refractivity contribution in [3.05, 3.63) is 62.2 Å². The maximum Gasteiger partial charge on any atom is 0.416 e. The molecule has 1 N–H and O–H groups in total. The molecule has 1 unspecified atom stereocenters. The van der Waals surface area contributed by atoms with Crippen molar-refractivity contribution in [1.82, 2.24) is 0 Å². The fourth-order valence-electron chi connectivity index (χ4n) is 2.05. The van der Waals surface area contributed by atoms with Crippen LogP contribution in [0, 0.1) is 3.57 Å². The summed E-state index contributed by atoms with van der Waals surface area (Å²) in [7, 11) is 0. The van der Waals surface area contributed by atoms with Crippen molar-refractivity contribution in [2.45, 2.75) is 19.1 Å². The highest BCUT2D eigenvalue weighted by atomic mass is 127. The molecule has 0 radical (unpaired) electrons. The Labute approximate surface area is 139 Å². The van der Waals surface area contributed by atoms with Gasteiger partial charge >= 0.3 is 6.18 Å². The van der Waals surface area contributed by atoms with E-state index in [2.05, 4.69) is 27.9 Å². The largest absolute Gasteiger partial charge is 0.416 e. The predicted molar refractivity (Wildman–Crippen MR) is 87.7 cm³/mol. The van der Waals surface area contributed by atoms with E-state index in [0.29, 0.717) is 5.02 Å². The van der Waals surface area contributed by atoms with Crippen molar-refractivity contribution in [3.8, 4) is 0 Å². The molecule has 21 heavy (non-hydrogen) atoms. The molecule has 2 aromatic carbocycles. The van der Waals surface area contributed by atoms with Gasteiger partial charge in [0, 0.05) is 20.3 Å². The molecule has 0 amide bonds. The normalized spacial score (nSPS) is 13.0. The summed E-state index contributed by atoms with van der Waals surface area (Å²) in [5, 5.41) is 3.69. The quantitative estimate of drug-likeness (QED) is 0.583. The summed E-state index contributed by atoms with van der Waals surface area (Å²) in [6, 6.07) is 10.3. The first kappa shape index (κ1) is 16.4. The van der Waals surface area contributed by atoms with Gasteiger partial charge in [-0.15, -0.1) is 0 Å². The Bertz CT molecular complexity index is 643. The summed E-state index contributed by atoms with van der Waals surface area (Å²) in [6.07, 6.45) is -4.36. The number of rotatable bonds is 3. The van der Waals surface area contributed by atoms with Crippen LogP contribution in [-0.2, 0) is 6.18 Å². The molecule has 0 aliphatic heterocycles. The highest BCUT2D eigenvalue weighted by Gasteiger charge is 2.34. The van der Waals surface area contributed by atoms with E-state index in [-0.39, 0.29) is 5.56 Å². The van der Waals surface area contributed by atoms with E-state index >= 15 is 0 Å². The molecule has 0 aliphatic carbocycles. The first-order valence-corrected chi connectivity index (χ1v) is 7.62. The summed E-state index contributed by atoms with van der Waals surface area (Å²) in [4.78, 5) is 0. The number of alkyl halides is 3. The molecule has 1 nitrogen and oxygen atoms in total. The Balaban J connectivity index is 2.31. The molecule has 6 heteroatoms. The van der Waals surface area contributed by atoms with Gasteiger partial charge in [0.15, 0.2) is 0 Å². The molecular formula is C15H12ClF3IN. The summed E-state index contributed by atoms with van der Waals surface area (Å²) in [6.45, 7) is 1.70. The van der Waals surface area contributed by atoms with E-state index in [1.165, 1.54) is 12.1 Å². The number of benzene rings is 2. The summed E-state index contributed by atoms with van der Waals surface area (Å²) >= 11 is 7.97. The van der Waals surface area contributed by atoms with Crippen LogP contribution in [0.5, 0.6) is 0 Å². The molecule has 2 aromatic rings. The fraction of sp³-hybridized carbons (Fsp3) is 0.200. The van der Waals surface area contributed by atoms with Gasteiger partial charge in [0.25, 0.3) is 0 Å². The lowest BCUT2D eigenvalue weighted by Crippen LogP contribution is -2.15. The minimum atomic E-state index is -4.36. The highest BCUT2D eigenvalue weighted by molar-refractivity contribution is 14.1. The maximum absolute atomic E-state index is 13.0. The third-order valence-corrected chi connectivity index (χ3v) is 4.16. The average Bonchev–Trinajstić information content (AvgIpc) is 2.41. The summed E-state index contributed by atoms with van der Waals surface area (Å²) in [5.74, 6) is 0. The standard InChI is InChI=1S/C15H12ClF3IN/c1-9(21-14-7-6-10(16)8-13(14)20)11-4-2-3-5-12(11)15(17,18)19/h2-9,21H,1H3. The number of hydrogen-bond donors (Lipinski definition) is 1. The average molecular weight is 426 g/mol. The Hall–Kier alpha value is -0.950. The van der Waals surface area contributed by atoms with Crippen molar-refractivity contribution in [3.63, 3.8) is 0 Å². The van der Waals surface area contributed by atoms with Crippen LogP contribution < -0.4 is 5.32 Å². The van der Waals surface area contributed by atoms with E-state index in [9.17, 15) is 13.2 Å². The lowest BCUT2D eigenvalue weighted by Gasteiger charge is -2.21. The third kappa shape index (κ3) is 4.03. The van der Waals surface area contributed by atoms with E-state index in [0.717, 1.165) is 15.3 Å². The van der Waals surface area contributed by atoms with Gasteiger partial charge in [-0.05, 0) is 59.3 Å². The zero-order valence-corrected chi connectivity index (χ0v) is 13.9.